The lowest BCUT2D eigenvalue weighted by Crippen LogP contribution is -2.41. The zero-order chi connectivity index (χ0) is 22.4. The summed E-state index contributed by atoms with van der Waals surface area (Å²) in [5, 5.41) is 0. The van der Waals surface area contributed by atoms with Gasteiger partial charge in [0.2, 0.25) is 5.91 Å². The average molecular weight is 427 g/mol. The van der Waals surface area contributed by atoms with Gasteiger partial charge in [-0.2, -0.15) is 0 Å². The number of unbranched alkanes of at least 4 members (excludes halogenated alkanes) is 1. The third-order valence-electron chi connectivity index (χ3n) is 5.59. The maximum Gasteiger partial charge on any atom is 0.330 e. The maximum atomic E-state index is 13.4. The van der Waals surface area contributed by atoms with Crippen LogP contribution in [0.2, 0.25) is 0 Å². The lowest BCUT2D eigenvalue weighted by atomic mass is 10.0. The van der Waals surface area contributed by atoms with Gasteiger partial charge in [0.25, 0.3) is 5.56 Å². The Kier molecular flexibility index (Phi) is 7.33. The average Bonchev–Trinajstić information content (AvgIpc) is 3.26. The zero-order valence-corrected chi connectivity index (χ0v) is 18.1. The fourth-order valence-electron chi connectivity index (χ4n) is 3.87. The van der Waals surface area contributed by atoms with E-state index in [1.165, 1.54) is 9.47 Å². The van der Waals surface area contributed by atoms with Crippen molar-refractivity contribution in [1.82, 2.24) is 9.55 Å². The van der Waals surface area contributed by atoms with E-state index in [4.69, 9.17) is 10.5 Å². The van der Waals surface area contributed by atoms with Crippen molar-refractivity contribution < 1.29 is 9.53 Å². The highest BCUT2D eigenvalue weighted by atomic mass is 16.5. The first-order chi connectivity index (χ1) is 15.0. The van der Waals surface area contributed by atoms with Crippen molar-refractivity contribution in [1.29, 1.82) is 0 Å². The Bertz CT molecular complexity index is 1070. The molecule has 0 spiro atoms. The van der Waals surface area contributed by atoms with E-state index < -0.39 is 11.2 Å². The molecule has 0 bridgehead atoms. The molecule has 2 aromatic rings. The number of rotatable bonds is 9. The van der Waals surface area contributed by atoms with E-state index >= 15 is 0 Å². The number of ether oxygens (including phenoxy) is 1. The van der Waals surface area contributed by atoms with Gasteiger partial charge in [-0.25, -0.2) is 4.79 Å². The number of allylic oxidation sites excluding steroid dienone is 2. The number of amides is 1. The molecule has 1 aromatic heterocycles. The largest absolute Gasteiger partial charge is 0.496 e. The van der Waals surface area contributed by atoms with Crippen LogP contribution >= 0.6 is 0 Å². The normalized spacial score (nSPS) is 15.2. The van der Waals surface area contributed by atoms with E-state index in [-0.39, 0.29) is 36.3 Å². The molecule has 1 amide bonds. The fraction of sp³-hybridized carbons (Fsp3) is 0.435. The van der Waals surface area contributed by atoms with Gasteiger partial charge in [-0.3, -0.25) is 24.0 Å². The van der Waals surface area contributed by atoms with Crippen molar-refractivity contribution in [2.45, 2.75) is 52.1 Å². The van der Waals surface area contributed by atoms with Crippen LogP contribution < -0.4 is 26.6 Å². The minimum atomic E-state index is -0.666. The number of benzene rings is 1. The molecule has 3 rings (SSSR count). The van der Waals surface area contributed by atoms with Crippen molar-refractivity contribution >= 4 is 17.4 Å². The lowest BCUT2D eigenvalue weighted by Gasteiger charge is -2.26. The standard InChI is InChI=1S/C23H30N4O4/c1-3-4-13-26-21(24)20(22(29)25-23(26)30)27(19(28)14-16-9-5-6-10-16)15-17-11-7-8-12-18(17)31-2/h5,7-9,11-12,16H,3-4,6,10,13-15,24H2,1-2H3,(H,25,29,30). The van der Waals surface area contributed by atoms with Crippen LogP contribution in [-0.2, 0) is 17.9 Å². The number of aromatic nitrogens is 2. The van der Waals surface area contributed by atoms with Crippen LogP contribution in [0, 0.1) is 5.92 Å². The van der Waals surface area contributed by atoms with Gasteiger partial charge < -0.3 is 10.5 Å². The summed E-state index contributed by atoms with van der Waals surface area (Å²) in [7, 11) is 1.56. The Morgan fingerprint density at radius 3 is 2.77 bits per heavy atom. The third kappa shape index (κ3) is 5.07. The topological polar surface area (TPSA) is 110 Å². The number of carbonyl (C=O) groups excluding carboxylic acids is 1. The van der Waals surface area contributed by atoms with Crippen molar-refractivity contribution in [2.75, 3.05) is 17.7 Å². The van der Waals surface area contributed by atoms with Crippen molar-refractivity contribution in [3.8, 4) is 5.75 Å². The number of anilines is 2. The number of para-hydroxylation sites is 1. The molecule has 31 heavy (non-hydrogen) atoms. The van der Waals surface area contributed by atoms with E-state index in [9.17, 15) is 14.4 Å². The van der Waals surface area contributed by atoms with E-state index in [0.29, 0.717) is 12.3 Å². The Labute approximate surface area is 181 Å². The molecule has 0 fully saturated rings. The number of hydrogen-bond acceptors (Lipinski definition) is 5. The Morgan fingerprint density at radius 1 is 1.32 bits per heavy atom. The first-order valence-electron chi connectivity index (χ1n) is 10.7. The van der Waals surface area contributed by atoms with Crippen LogP contribution in [0.15, 0.2) is 46.0 Å². The summed E-state index contributed by atoms with van der Waals surface area (Å²) in [6.45, 7) is 2.48. The molecule has 8 nitrogen and oxygen atoms in total. The van der Waals surface area contributed by atoms with Crippen molar-refractivity contribution in [2.24, 2.45) is 5.92 Å². The molecular formula is C23H30N4O4. The summed E-state index contributed by atoms with van der Waals surface area (Å²) < 4.78 is 6.76. The molecule has 1 atom stereocenters. The monoisotopic (exact) mass is 426 g/mol. The molecule has 0 radical (unpaired) electrons. The highest BCUT2D eigenvalue weighted by Crippen LogP contribution is 2.28. The van der Waals surface area contributed by atoms with Crippen LogP contribution in [0.3, 0.4) is 0 Å². The Morgan fingerprint density at radius 2 is 2.10 bits per heavy atom. The molecule has 166 valence electrons. The predicted octanol–water partition coefficient (Wildman–Crippen LogP) is 2.82. The van der Waals surface area contributed by atoms with E-state index in [1.807, 2.05) is 31.2 Å². The second-order valence-corrected chi connectivity index (χ2v) is 7.76. The van der Waals surface area contributed by atoms with E-state index in [1.54, 1.807) is 13.2 Å². The maximum absolute atomic E-state index is 13.4. The molecule has 1 aliphatic carbocycles. The fourth-order valence-corrected chi connectivity index (χ4v) is 3.87. The molecule has 8 heteroatoms. The van der Waals surface area contributed by atoms with Gasteiger partial charge >= 0.3 is 5.69 Å². The number of nitrogens with zero attached hydrogens (tertiary/aromatic N) is 2. The van der Waals surface area contributed by atoms with Gasteiger partial charge in [0.05, 0.1) is 13.7 Å². The number of methoxy groups -OCH3 is 1. The summed E-state index contributed by atoms with van der Waals surface area (Å²) in [5.74, 6) is 0.516. The molecule has 1 aliphatic rings. The smallest absolute Gasteiger partial charge is 0.330 e. The van der Waals surface area contributed by atoms with Crippen molar-refractivity contribution in [3.63, 3.8) is 0 Å². The number of aromatic amines is 1. The van der Waals surface area contributed by atoms with Gasteiger partial charge in [-0.15, -0.1) is 0 Å². The van der Waals surface area contributed by atoms with Gasteiger partial charge in [0.1, 0.15) is 11.6 Å². The van der Waals surface area contributed by atoms with E-state index in [2.05, 4.69) is 11.1 Å². The number of H-pyrrole nitrogens is 1. The number of nitrogens with one attached hydrogen (secondary N) is 1. The highest BCUT2D eigenvalue weighted by molar-refractivity contribution is 5.95. The number of nitrogen functional groups attached to an aromatic ring is 1. The summed E-state index contributed by atoms with van der Waals surface area (Å²) in [6.07, 6.45) is 7.79. The van der Waals surface area contributed by atoms with Crippen LogP contribution in [-0.4, -0.2) is 22.6 Å². The number of carbonyl (C=O) groups is 1. The van der Waals surface area contributed by atoms with Gasteiger partial charge in [0.15, 0.2) is 5.69 Å². The second kappa shape index (κ2) is 10.1. The van der Waals surface area contributed by atoms with E-state index in [0.717, 1.165) is 31.2 Å². The van der Waals surface area contributed by atoms with Crippen molar-refractivity contribution in [3.05, 3.63) is 62.8 Å². The molecule has 1 unspecified atom stereocenters. The summed E-state index contributed by atoms with van der Waals surface area (Å²) in [5.41, 5.74) is 5.82. The minimum absolute atomic E-state index is 0.00686. The second-order valence-electron chi connectivity index (χ2n) is 7.76. The van der Waals surface area contributed by atoms with Gasteiger partial charge in [0, 0.05) is 18.5 Å². The quantitative estimate of drug-likeness (QED) is 0.599. The molecule has 3 N–H and O–H groups in total. The SMILES string of the molecule is CCCCn1c(N)c(N(Cc2ccccc2OC)C(=O)CC2C=CCC2)c(=O)[nH]c1=O. The van der Waals surface area contributed by atoms with Crippen LogP contribution in [0.4, 0.5) is 11.5 Å². The predicted molar refractivity (Wildman–Crippen MR) is 121 cm³/mol. The Balaban J connectivity index is 2.07. The number of hydrogen-bond donors (Lipinski definition) is 2. The third-order valence-corrected chi connectivity index (χ3v) is 5.59. The Hall–Kier alpha value is -3.29. The molecule has 0 saturated heterocycles. The summed E-state index contributed by atoms with van der Waals surface area (Å²) >= 11 is 0. The molecule has 1 heterocycles. The zero-order valence-electron chi connectivity index (χ0n) is 18.1. The molecular weight excluding hydrogens is 396 g/mol. The molecule has 0 aliphatic heterocycles. The van der Waals surface area contributed by atoms with Gasteiger partial charge in [-0.05, 0) is 31.2 Å². The highest BCUT2D eigenvalue weighted by Gasteiger charge is 2.27. The first kappa shape index (κ1) is 22.4. The lowest BCUT2D eigenvalue weighted by molar-refractivity contribution is -0.119. The first-order valence-corrected chi connectivity index (χ1v) is 10.7. The number of nitrogens with two attached hydrogens (primary N) is 1. The minimum Gasteiger partial charge on any atom is -0.496 e. The molecule has 0 saturated carbocycles. The van der Waals surface area contributed by atoms with Crippen LogP contribution in [0.1, 0.15) is 44.6 Å². The summed E-state index contributed by atoms with van der Waals surface area (Å²) in [4.78, 5) is 42.3. The van der Waals surface area contributed by atoms with Gasteiger partial charge in [-0.1, -0.05) is 43.7 Å². The van der Waals surface area contributed by atoms with Crippen LogP contribution in [0.5, 0.6) is 5.75 Å². The summed E-state index contributed by atoms with van der Waals surface area (Å²) in [6, 6.07) is 7.32. The van der Waals surface area contributed by atoms with Crippen LogP contribution in [0.25, 0.3) is 0 Å². The molecule has 1 aromatic carbocycles.